The van der Waals surface area contributed by atoms with Crippen molar-refractivity contribution in [1.29, 1.82) is 0 Å². The van der Waals surface area contributed by atoms with Gasteiger partial charge in [-0.25, -0.2) is 0 Å². The predicted molar refractivity (Wildman–Crippen MR) is 112 cm³/mol. The van der Waals surface area contributed by atoms with Crippen molar-refractivity contribution in [2.75, 3.05) is 19.0 Å². The molecule has 2 rings (SSSR count). The van der Waals surface area contributed by atoms with E-state index in [1.54, 1.807) is 31.4 Å². The zero-order chi connectivity index (χ0) is 19.8. The molecule has 0 unspecified atom stereocenters. The summed E-state index contributed by atoms with van der Waals surface area (Å²) in [6.45, 7) is 4.93. The van der Waals surface area contributed by atoms with Gasteiger partial charge in [-0.15, -0.1) is 0 Å². The lowest BCUT2D eigenvalue weighted by molar-refractivity contribution is -0.111. The van der Waals surface area contributed by atoms with Crippen molar-refractivity contribution < 1.29 is 14.3 Å². The average Bonchev–Trinajstić information content (AvgIpc) is 2.59. The van der Waals surface area contributed by atoms with Crippen molar-refractivity contribution in [1.82, 2.24) is 0 Å². The van der Waals surface area contributed by atoms with E-state index in [0.29, 0.717) is 39.8 Å². The number of ether oxygens (including phenoxy) is 2. The highest BCUT2D eigenvalue weighted by Gasteiger charge is 2.06. The van der Waals surface area contributed by atoms with Gasteiger partial charge in [-0.1, -0.05) is 43.1 Å². The highest BCUT2D eigenvalue weighted by Crippen LogP contribution is 2.29. The third kappa shape index (κ3) is 7.16. The van der Waals surface area contributed by atoms with Crippen LogP contribution >= 0.6 is 23.2 Å². The number of rotatable bonds is 8. The molecule has 0 aliphatic rings. The number of carbonyl (C=O) groups is 1. The van der Waals surface area contributed by atoms with Crippen LogP contribution in [0.5, 0.6) is 11.5 Å². The molecular weight excluding hydrogens is 385 g/mol. The second-order valence-corrected chi connectivity index (χ2v) is 7.29. The monoisotopic (exact) mass is 407 g/mol. The molecule has 1 N–H and O–H groups in total. The first-order chi connectivity index (χ1) is 12.9. The maximum absolute atomic E-state index is 12.1. The molecule has 0 atom stereocenters. The summed E-state index contributed by atoms with van der Waals surface area (Å²) in [4.78, 5) is 12.1. The molecule has 0 heterocycles. The first kappa shape index (κ1) is 21.1. The fourth-order valence-electron chi connectivity index (χ4n) is 2.29. The largest absolute Gasteiger partial charge is 0.493 e. The van der Waals surface area contributed by atoms with Crippen LogP contribution in [0.4, 0.5) is 5.69 Å². The SMILES string of the molecule is COc1cc(/C=C/C(=O)Nc2cc(Cl)cc(Cl)c2)ccc1OCCC(C)C. The van der Waals surface area contributed by atoms with E-state index in [4.69, 9.17) is 32.7 Å². The Morgan fingerprint density at radius 1 is 1.11 bits per heavy atom. The summed E-state index contributed by atoms with van der Waals surface area (Å²) >= 11 is 11.9. The molecule has 2 aromatic carbocycles. The highest BCUT2D eigenvalue weighted by atomic mass is 35.5. The van der Waals surface area contributed by atoms with Crippen LogP contribution in [0.25, 0.3) is 6.08 Å². The van der Waals surface area contributed by atoms with Crippen molar-refractivity contribution in [2.24, 2.45) is 5.92 Å². The number of carbonyl (C=O) groups excluding carboxylic acids is 1. The molecule has 0 spiro atoms. The van der Waals surface area contributed by atoms with Gasteiger partial charge in [0.2, 0.25) is 5.91 Å². The van der Waals surface area contributed by atoms with Gasteiger partial charge in [-0.2, -0.15) is 0 Å². The van der Waals surface area contributed by atoms with Crippen LogP contribution in [-0.4, -0.2) is 19.6 Å². The van der Waals surface area contributed by atoms with Gasteiger partial charge in [0.05, 0.1) is 13.7 Å². The average molecular weight is 408 g/mol. The topological polar surface area (TPSA) is 47.6 Å². The van der Waals surface area contributed by atoms with Crippen molar-refractivity contribution in [2.45, 2.75) is 20.3 Å². The molecule has 0 bridgehead atoms. The minimum absolute atomic E-state index is 0.287. The Morgan fingerprint density at radius 3 is 2.44 bits per heavy atom. The molecule has 6 heteroatoms. The Hall–Kier alpha value is -2.17. The van der Waals surface area contributed by atoms with E-state index in [9.17, 15) is 4.79 Å². The summed E-state index contributed by atoms with van der Waals surface area (Å²) in [5, 5.41) is 3.64. The fraction of sp³-hybridized carbons (Fsp3) is 0.286. The number of benzene rings is 2. The number of hydrogen-bond acceptors (Lipinski definition) is 3. The van der Waals surface area contributed by atoms with E-state index in [2.05, 4.69) is 19.2 Å². The first-order valence-electron chi connectivity index (χ1n) is 8.63. The van der Waals surface area contributed by atoms with Gasteiger partial charge in [0.1, 0.15) is 0 Å². The molecule has 4 nitrogen and oxygen atoms in total. The highest BCUT2D eigenvalue weighted by molar-refractivity contribution is 6.35. The Balaban J connectivity index is 2.01. The van der Waals surface area contributed by atoms with Crippen LogP contribution in [0.1, 0.15) is 25.8 Å². The zero-order valence-electron chi connectivity index (χ0n) is 15.6. The molecule has 144 valence electrons. The van der Waals surface area contributed by atoms with Crippen LogP contribution < -0.4 is 14.8 Å². The molecule has 0 radical (unpaired) electrons. The van der Waals surface area contributed by atoms with Gasteiger partial charge in [-0.3, -0.25) is 4.79 Å². The molecule has 0 aliphatic carbocycles. The maximum Gasteiger partial charge on any atom is 0.248 e. The summed E-state index contributed by atoms with van der Waals surface area (Å²) in [6, 6.07) is 10.4. The Kier molecular flexibility index (Phi) is 8.01. The number of anilines is 1. The van der Waals surface area contributed by atoms with Crippen molar-refractivity contribution >= 4 is 40.9 Å². The van der Waals surface area contributed by atoms with Gasteiger partial charge in [0.15, 0.2) is 11.5 Å². The van der Waals surface area contributed by atoms with E-state index in [0.717, 1.165) is 12.0 Å². The van der Waals surface area contributed by atoms with Crippen LogP contribution in [0, 0.1) is 5.92 Å². The van der Waals surface area contributed by atoms with Crippen molar-refractivity contribution in [3.8, 4) is 11.5 Å². The third-order valence-electron chi connectivity index (χ3n) is 3.70. The minimum atomic E-state index is -0.287. The Morgan fingerprint density at radius 2 is 1.81 bits per heavy atom. The Labute approximate surface area is 170 Å². The first-order valence-corrected chi connectivity index (χ1v) is 9.39. The lowest BCUT2D eigenvalue weighted by atomic mass is 10.1. The molecule has 0 fully saturated rings. The lowest BCUT2D eigenvalue weighted by Crippen LogP contribution is -2.07. The van der Waals surface area contributed by atoms with Gasteiger partial charge in [0.25, 0.3) is 0 Å². The Bertz CT molecular complexity index is 799. The summed E-state index contributed by atoms with van der Waals surface area (Å²) in [5.74, 6) is 1.60. The van der Waals surface area contributed by atoms with Gasteiger partial charge < -0.3 is 14.8 Å². The van der Waals surface area contributed by atoms with Crippen molar-refractivity contribution in [3.05, 3.63) is 58.1 Å². The standard InChI is InChI=1S/C21H23Cl2NO3/c1-14(2)8-9-27-19-6-4-15(10-20(19)26-3)5-7-21(25)24-18-12-16(22)11-17(23)13-18/h4-7,10-14H,8-9H2,1-3H3,(H,24,25)/b7-5+. The van der Waals surface area contributed by atoms with Gasteiger partial charge in [-0.05, 0) is 54.3 Å². The summed E-state index contributed by atoms with van der Waals surface area (Å²) in [7, 11) is 1.59. The van der Waals surface area contributed by atoms with E-state index < -0.39 is 0 Å². The van der Waals surface area contributed by atoms with Gasteiger partial charge >= 0.3 is 0 Å². The molecular formula is C21H23Cl2NO3. The molecule has 0 saturated carbocycles. The summed E-state index contributed by atoms with van der Waals surface area (Å²) in [6.07, 6.45) is 4.10. The third-order valence-corrected chi connectivity index (χ3v) is 4.13. The molecule has 1 amide bonds. The van der Waals surface area contributed by atoms with Crippen LogP contribution in [-0.2, 0) is 4.79 Å². The fourth-order valence-corrected chi connectivity index (χ4v) is 2.82. The lowest BCUT2D eigenvalue weighted by Gasteiger charge is -2.12. The number of halogens is 2. The quantitative estimate of drug-likeness (QED) is 0.539. The van der Waals surface area contributed by atoms with Crippen LogP contribution in [0.15, 0.2) is 42.5 Å². The number of amides is 1. The van der Waals surface area contributed by atoms with Gasteiger partial charge in [0, 0.05) is 21.8 Å². The van der Waals surface area contributed by atoms with Crippen LogP contribution in [0.2, 0.25) is 10.0 Å². The van der Waals surface area contributed by atoms with Crippen molar-refractivity contribution in [3.63, 3.8) is 0 Å². The minimum Gasteiger partial charge on any atom is -0.493 e. The molecule has 0 aliphatic heterocycles. The maximum atomic E-state index is 12.1. The van der Waals surface area contributed by atoms with E-state index in [1.807, 2.05) is 18.2 Å². The summed E-state index contributed by atoms with van der Waals surface area (Å²) in [5.41, 5.74) is 1.36. The second kappa shape index (κ2) is 10.2. The van der Waals surface area contributed by atoms with Crippen LogP contribution in [0.3, 0.4) is 0 Å². The predicted octanol–water partition coefficient (Wildman–Crippen LogP) is 6.08. The molecule has 2 aromatic rings. The van der Waals surface area contributed by atoms with E-state index in [-0.39, 0.29) is 5.91 Å². The zero-order valence-corrected chi connectivity index (χ0v) is 17.1. The number of nitrogens with one attached hydrogen (secondary N) is 1. The van der Waals surface area contributed by atoms with E-state index in [1.165, 1.54) is 6.08 Å². The summed E-state index contributed by atoms with van der Waals surface area (Å²) < 4.78 is 11.2. The normalized spacial score (nSPS) is 11.0. The molecule has 0 saturated heterocycles. The number of hydrogen-bond donors (Lipinski definition) is 1. The number of methoxy groups -OCH3 is 1. The molecule has 0 aromatic heterocycles. The smallest absolute Gasteiger partial charge is 0.248 e. The van der Waals surface area contributed by atoms with E-state index >= 15 is 0 Å². The molecule has 27 heavy (non-hydrogen) atoms. The second-order valence-electron chi connectivity index (χ2n) is 6.42.